The van der Waals surface area contributed by atoms with Crippen molar-refractivity contribution in [2.45, 2.75) is 83.0 Å². The molecule has 1 saturated heterocycles. The number of nitrogens with one attached hydrogen (secondary N) is 2. The number of carboxylic acids is 1. The number of carbonyl (C=O) groups is 4. The average molecular weight is 910 g/mol. The number of nitrogen functional groups attached to an aromatic ring is 1. The summed E-state index contributed by atoms with van der Waals surface area (Å²) in [6.07, 6.45) is -5.05. The lowest BCUT2D eigenvalue weighted by Gasteiger charge is -2.30. The van der Waals surface area contributed by atoms with Gasteiger partial charge in [-0.1, -0.05) is 32.0 Å². The monoisotopic (exact) mass is 909 g/mol. The van der Waals surface area contributed by atoms with Crippen LogP contribution >= 0.6 is 35.2 Å². The second kappa shape index (κ2) is 21.5. The fourth-order valence-electron chi connectivity index (χ4n) is 5.09. The van der Waals surface area contributed by atoms with Gasteiger partial charge in [-0.2, -0.15) is 4.31 Å². The van der Waals surface area contributed by atoms with E-state index in [0.717, 1.165) is 29.0 Å². The molecule has 4 unspecified atom stereocenters. The maximum atomic E-state index is 12.7. The number of aliphatic hydroxyl groups is 2. The Kier molecular flexibility index (Phi) is 18.3. The standard InChI is InChI=1S/C28H46N7O19P3S/c1-28(2,23(41)26(42)31-9-8-17(36)30-10-11-58-19(39)7-5-3-4-6-18(37)38)13-51-57(48,49)54-56(46,47)50-12-16-22(53-55(43,44)45)21(40)27(52-16)35-15-34-20-24(29)32-14-33-25(20)35/h14-16,21-23,27,40-41H,3-13H2,1-2H3,(H,30,36)(H,31,42)(H,37,38)(H,46,47)(H,48,49)(H2,29,32,33)(H2,43,44,45)/t16-,21?,22?,23+,27-/m1/s1. The molecule has 26 nitrogen and oxygen atoms in total. The highest BCUT2D eigenvalue weighted by Gasteiger charge is 2.50. The van der Waals surface area contributed by atoms with Crippen LogP contribution in [0.4, 0.5) is 5.82 Å². The first-order valence-corrected chi connectivity index (χ1v) is 22.7. The van der Waals surface area contributed by atoms with Gasteiger partial charge in [0.1, 0.15) is 36.3 Å². The molecule has 0 aliphatic carbocycles. The summed E-state index contributed by atoms with van der Waals surface area (Å²) in [5.41, 5.74) is 4.22. The van der Waals surface area contributed by atoms with E-state index in [-0.39, 0.29) is 54.4 Å². The molecule has 1 aliphatic rings. The van der Waals surface area contributed by atoms with E-state index in [1.165, 1.54) is 13.8 Å². The van der Waals surface area contributed by atoms with Crippen LogP contribution in [0.15, 0.2) is 12.7 Å². The minimum atomic E-state index is -5.58. The van der Waals surface area contributed by atoms with Gasteiger partial charge in [0.15, 0.2) is 22.8 Å². The van der Waals surface area contributed by atoms with Crippen LogP contribution in [0.1, 0.15) is 58.6 Å². The van der Waals surface area contributed by atoms with E-state index in [1.807, 2.05) is 0 Å². The molecule has 2 aromatic rings. The average Bonchev–Trinajstić information content (AvgIpc) is 3.67. The number of phosphoric acid groups is 3. The molecule has 0 bridgehead atoms. The lowest BCUT2D eigenvalue weighted by molar-refractivity contribution is -0.137. The first-order valence-electron chi connectivity index (χ1n) is 17.2. The van der Waals surface area contributed by atoms with Gasteiger partial charge in [-0.05, 0) is 12.8 Å². The molecule has 58 heavy (non-hydrogen) atoms. The smallest absolute Gasteiger partial charge is 0.481 e. The van der Waals surface area contributed by atoms with Gasteiger partial charge in [-0.25, -0.2) is 28.6 Å². The summed E-state index contributed by atoms with van der Waals surface area (Å²) in [6.45, 7) is 0.355. The molecule has 3 heterocycles. The molecule has 1 fully saturated rings. The van der Waals surface area contributed by atoms with Crippen molar-refractivity contribution in [2.24, 2.45) is 5.41 Å². The third-order valence-corrected chi connectivity index (χ3v) is 12.1. The summed E-state index contributed by atoms with van der Waals surface area (Å²) in [7, 11) is -16.4. The fraction of sp³-hybridized carbons (Fsp3) is 0.679. The molecule has 0 radical (unpaired) electrons. The molecule has 2 aromatic heterocycles. The zero-order chi connectivity index (χ0) is 43.5. The summed E-state index contributed by atoms with van der Waals surface area (Å²) in [5.74, 6) is -2.12. The van der Waals surface area contributed by atoms with Crippen LogP contribution in [0, 0.1) is 5.41 Å². The van der Waals surface area contributed by atoms with Gasteiger partial charge in [0, 0.05) is 43.5 Å². The molecule has 1 aliphatic heterocycles. The van der Waals surface area contributed by atoms with Crippen molar-refractivity contribution in [3.05, 3.63) is 12.7 Å². The maximum Gasteiger partial charge on any atom is 0.481 e. The Labute approximate surface area is 334 Å². The van der Waals surface area contributed by atoms with Crippen LogP contribution in [-0.4, -0.2) is 134 Å². The van der Waals surface area contributed by atoms with Gasteiger partial charge in [0.25, 0.3) is 0 Å². The highest BCUT2D eigenvalue weighted by Crippen LogP contribution is 2.61. The van der Waals surface area contributed by atoms with Crippen LogP contribution in [0.3, 0.4) is 0 Å². The molecular formula is C28H46N7O19P3S. The summed E-state index contributed by atoms with van der Waals surface area (Å²) in [4.78, 5) is 98.0. The number of anilines is 1. The molecule has 0 saturated carbocycles. The predicted octanol–water partition coefficient (Wildman–Crippen LogP) is -0.300. The minimum absolute atomic E-state index is 0.0226. The number of unbranched alkanes of at least 4 members (excludes halogenated alkanes) is 2. The predicted molar refractivity (Wildman–Crippen MR) is 198 cm³/mol. The van der Waals surface area contributed by atoms with Crippen LogP contribution in [-0.2, 0) is 55.5 Å². The molecular weight excluding hydrogens is 863 g/mol. The third kappa shape index (κ3) is 15.9. The van der Waals surface area contributed by atoms with Gasteiger partial charge in [0.05, 0.1) is 19.5 Å². The van der Waals surface area contributed by atoms with Crippen molar-refractivity contribution in [1.29, 1.82) is 0 Å². The van der Waals surface area contributed by atoms with E-state index in [0.29, 0.717) is 25.0 Å². The number of aromatic nitrogens is 4. The zero-order valence-electron chi connectivity index (χ0n) is 31.0. The number of thioether (sulfide) groups is 1. The Morgan fingerprint density at radius 1 is 0.983 bits per heavy atom. The van der Waals surface area contributed by atoms with Crippen molar-refractivity contribution < 1.29 is 90.4 Å². The van der Waals surface area contributed by atoms with Crippen molar-refractivity contribution in [2.75, 3.05) is 37.8 Å². The molecule has 30 heteroatoms. The molecule has 11 N–H and O–H groups in total. The summed E-state index contributed by atoms with van der Waals surface area (Å²) in [5, 5.41) is 34.8. The van der Waals surface area contributed by atoms with Crippen LogP contribution < -0.4 is 16.4 Å². The van der Waals surface area contributed by atoms with E-state index in [2.05, 4.69) is 34.4 Å². The normalized spacial score (nSPS) is 21.2. The second-order valence-electron chi connectivity index (χ2n) is 13.2. The van der Waals surface area contributed by atoms with E-state index < -0.39 is 90.5 Å². The Morgan fingerprint density at radius 3 is 2.33 bits per heavy atom. The first-order chi connectivity index (χ1) is 26.9. The van der Waals surface area contributed by atoms with Gasteiger partial charge in [0.2, 0.25) is 11.8 Å². The topological polar surface area (TPSA) is 401 Å². The number of hydrogen-bond donors (Lipinski definition) is 10. The molecule has 7 atom stereocenters. The van der Waals surface area contributed by atoms with Crippen molar-refractivity contribution in [3.63, 3.8) is 0 Å². The number of aliphatic hydroxyl groups excluding tert-OH is 2. The number of amides is 2. The number of carbonyl (C=O) groups excluding carboxylic acids is 3. The summed E-state index contributed by atoms with van der Waals surface area (Å²) < 4.78 is 62.0. The number of ether oxygens (including phenoxy) is 1. The highest BCUT2D eigenvalue weighted by molar-refractivity contribution is 8.13. The van der Waals surface area contributed by atoms with Crippen molar-refractivity contribution >= 4 is 75.1 Å². The molecule has 0 spiro atoms. The minimum Gasteiger partial charge on any atom is -0.481 e. The maximum absolute atomic E-state index is 12.7. The van der Waals surface area contributed by atoms with Crippen molar-refractivity contribution in [3.8, 4) is 0 Å². The lowest BCUT2D eigenvalue weighted by Crippen LogP contribution is -2.46. The largest absolute Gasteiger partial charge is 0.481 e. The quantitative estimate of drug-likeness (QED) is 0.0451. The van der Waals surface area contributed by atoms with E-state index in [9.17, 15) is 62.7 Å². The number of imidazole rings is 1. The van der Waals surface area contributed by atoms with Crippen LogP contribution in [0.2, 0.25) is 0 Å². The number of nitrogens with zero attached hydrogens (tertiary/aromatic N) is 4. The summed E-state index contributed by atoms with van der Waals surface area (Å²) >= 11 is 1.02. The number of hydrogen-bond acceptors (Lipinski definition) is 19. The molecule has 0 aromatic carbocycles. The number of rotatable bonds is 25. The van der Waals surface area contributed by atoms with E-state index in [4.69, 9.17) is 24.6 Å². The van der Waals surface area contributed by atoms with E-state index >= 15 is 0 Å². The lowest BCUT2D eigenvalue weighted by atomic mass is 9.87. The number of nitrogens with two attached hydrogens (primary N) is 1. The van der Waals surface area contributed by atoms with Gasteiger partial charge in [-0.3, -0.25) is 37.3 Å². The Bertz CT molecular complexity index is 1900. The van der Waals surface area contributed by atoms with Gasteiger partial charge < -0.3 is 56.0 Å². The number of phosphoric ester groups is 3. The van der Waals surface area contributed by atoms with Gasteiger partial charge in [-0.15, -0.1) is 0 Å². The Hall–Kier alpha value is -2.97. The molecule has 328 valence electrons. The highest BCUT2D eigenvalue weighted by atomic mass is 32.2. The Balaban J connectivity index is 1.44. The molecule has 3 rings (SSSR count). The summed E-state index contributed by atoms with van der Waals surface area (Å²) in [6, 6.07) is 0. The van der Waals surface area contributed by atoms with Crippen molar-refractivity contribution in [1.82, 2.24) is 30.2 Å². The molecule has 2 amide bonds. The first kappa shape index (κ1) is 49.4. The van der Waals surface area contributed by atoms with Gasteiger partial charge >= 0.3 is 29.4 Å². The third-order valence-electron chi connectivity index (χ3n) is 8.04. The second-order valence-corrected chi connectivity index (χ2v) is 18.6. The zero-order valence-corrected chi connectivity index (χ0v) is 34.5. The Morgan fingerprint density at radius 2 is 1.66 bits per heavy atom. The van der Waals surface area contributed by atoms with E-state index in [1.54, 1.807) is 0 Å². The van der Waals surface area contributed by atoms with Crippen LogP contribution in [0.25, 0.3) is 11.2 Å². The number of fused-ring (bicyclic) bond motifs is 1. The fourth-order valence-corrected chi connectivity index (χ4v) is 8.64. The SMILES string of the molecule is CC(C)(COP(=O)(O)OP(=O)(O)OC[C@H]1O[C@@H](n2cnc3c(N)ncnc32)C(O)C1OP(=O)(O)O)[C@@H](O)C(=O)NCCC(=O)NCCSC(=O)CCCCCC(=O)O. The van der Waals surface area contributed by atoms with Crippen LogP contribution in [0.5, 0.6) is 0 Å². The number of carboxylic acid groups (broad SMARTS) is 1. The number of aliphatic carboxylic acids is 1.